The van der Waals surface area contributed by atoms with E-state index in [2.05, 4.69) is 39.3 Å². The average molecular weight is 269 g/mol. The smallest absolute Gasteiger partial charge is 0.193 e. The van der Waals surface area contributed by atoms with E-state index in [0.29, 0.717) is 12.5 Å². The molecular formula is C15H19N5. The van der Waals surface area contributed by atoms with Crippen LogP contribution in [0.25, 0.3) is 0 Å². The van der Waals surface area contributed by atoms with Crippen molar-refractivity contribution in [2.75, 3.05) is 5.32 Å². The monoisotopic (exact) mass is 269 g/mol. The maximum atomic E-state index is 5.86. The van der Waals surface area contributed by atoms with E-state index in [1.165, 1.54) is 5.56 Å². The second-order valence-corrected chi connectivity index (χ2v) is 4.47. The second kappa shape index (κ2) is 6.65. The summed E-state index contributed by atoms with van der Waals surface area (Å²) in [5.74, 6) is 1.12. The minimum atomic E-state index is 0.380. The van der Waals surface area contributed by atoms with Gasteiger partial charge in [-0.2, -0.15) is 0 Å². The van der Waals surface area contributed by atoms with Crippen LogP contribution in [0.1, 0.15) is 24.0 Å². The molecule has 104 valence electrons. The summed E-state index contributed by atoms with van der Waals surface area (Å²) < 4.78 is 0. The van der Waals surface area contributed by atoms with Gasteiger partial charge in [0.25, 0.3) is 0 Å². The minimum Gasteiger partial charge on any atom is -0.370 e. The summed E-state index contributed by atoms with van der Waals surface area (Å²) in [6.45, 7) is 4.42. The lowest BCUT2D eigenvalue weighted by molar-refractivity contribution is 0.924. The van der Waals surface area contributed by atoms with Crippen molar-refractivity contribution in [3.63, 3.8) is 0 Å². The number of aliphatic imine (C=N–C) groups is 1. The van der Waals surface area contributed by atoms with E-state index in [1.54, 1.807) is 6.20 Å². The van der Waals surface area contributed by atoms with E-state index in [0.717, 1.165) is 23.6 Å². The largest absolute Gasteiger partial charge is 0.370 e. The van der Waals surface area contributed by atoms with Gasteiger partial charge in [-0.05, 0) is 37.1 Å². The molecule has 1 aromatic carbocycles. The molecule has 3 N–H and O–H groups in total. The first-order valence-electron chi connectivity index (χ1n) is 6.62. The summed E-state index contributed by atoms with van der Waals surface area (Å²) >= 11 is 0. The van der Waals surface area contributed by atoms with Gasteiger partial charge in [0.1, 0.15) is 5.82 Å². The molecular weight excluding hydrogens is 250 g/mol. The summed E-state index contributed by atoms with van der Waals surface area (Å²) in [6.07, 6.45) is 2.75. The van der Waals surface area contributed by atoms with Gasteiger partial charge < -0.3 is 11.1 Å². The summed E-state index contributed by atoms with van der Waals surface area (Å²) in [5, 5.41) is 3.06. The van der Waals surface area contributed by atoms with E-state index >= 15 is 0 Å². The lowest BCUT2D eigenvalue weighted by atomic mass is 10.1. The number of benzene rings is 1. The molecule has 5 heteroatoms. The number of nitrogens with one attached hydrogen (secondary N) is 1. The molecule has 0 amide bonds. The third kappa shape index (κ3) is 4.05. The second-order valence-electron chi connectivity index (χ2n) is 4.47. The predicted molar refractivity (Wildman–Crippen MR) is 81.5 cm³/mol. The number of guanidine groups is 1. The summed E-state index contributed by atoms with van der Waals surface area (Å²) in [4.78, 5) is 12.6. The van der Waals surface area contributed by atoms with Crippen molar-refractivity contribution in [3.05, 3.63) is 53.6 Å². The van der Waals surface area contributed by atoms with Crippen LogP contribution >= 0.6 is 0 Å². The Morgan fingerprint density at radius 2 is 2.00 bits per heavy atom. The number of hydrogen-bond donors (Lipinski definition) is 2. The molecule has 2 aromatic rings. The zero-order valence-electron chi connectivity index (χ0n) is 11.8. The molecule has 2 rings (SSSR count). The van der Waals surface area contributed by atoms with Crippen LogP contribution in [0, 0.1) is 6.92 Å². The van der Waals surface area contributed by atoms with Crippen LogP contribution in [-0.4, -0.2) is 15.9 Å². The molecule has 0 unspecified atom stereocenters. The van der Waals surface area contributed by atoms with Crippen molar-refractivity contribution in [1.29, 1.82) is 0 Å². The van der Waals surface area contributed by atoms with Crippen molar-refractivity contribution < 1.29 is 0 Å². The first-order chi connectivity index (χ1) is 9.67. The van der Waals surface area contributed by atoms with Gasteiger partial charge in [-0.15, -0.1) is 0 Å². The van der Waals surface area contributed by atoms with E-state index in [-0.39, 0.29) is 0 Å². The third-order valence-electron chi connectivity index (χ3n) is 2.88. The molecule has 0 aliphatic rings. The van der Waals surface area contributed by atoms with Crippen LogP contribution in [0.3, 0.4) is 0 Å². The number of nitrogens with two attached hydrogens (primary N) is 1. The summed E-state index contributed by atoms with van der Waals surface area (Å²) in [7, 11) is 0. The van der Waals surface area contributed by atoms with Crippen LogP contribution in [0.2, 0.25) is 0 Å². The van der Waals surface area contributed by atoms with Gasteiger partial charge in [0.05, 0.1) is 12.2 Å². The zero-order valence-corrected chi connectivity index (χ0v) is 11.8. The molecule has 1 heterocycles. The van der Waals surface area contributed by atoms with Gasteiger partial charge in [-0.1, -0.05) is 19.1 Å². The number of nitrogens with zero attached hydrogens (tertiary/aromatic N) is 3. The number of anilines is 1. The van der Waals surface area contributed by atoms with Crippen LogP contribution in [0.15, 0.2) is 41.5 Å². The Morgan fingerprint density at radius 3 is 2.65 bits per heavy atom. The van der Waals surface area contributed by atoms with Crippen molar-refractivity contribution in [2.45, 2.75) is 26.8 Å². The van der Waals surface area contributed by atoms with Crippen molar-refractivity contribution in [1.82, 2.24) is 9.97 Å². The Kier molecular flexibility index (Phi) is 4.65. The van der Waals surface area contributed by atoms with Gasteiger partial charge in [0, 0.05) is 11.9 Å². The molecule has 5 nitrogen and oxygen atoms in total. The number of aryl methyl sites for hydroxylation is 2. The molecule has 0 radical (unpaired) electrons. The fourth-order valence-corrected chi connectivity index (χ4v) is 1.77. The molecule has 20 heavy (non-hydrogen) atoms. The van der Waals surface area contributed by atoms with E-state index < -0.39 is 0 Å². The highest BCUT2D eigenvalue weighted by atomic mass is 15.1. The number of rotatable bonds is 4. The van der Waals surface area contributed by atoms with Gasteiger partial charge in [-0.25, -0.2) is 15.0 Å². The third-order valence-corrected chi connectivity index (χ3v) is 2.88. The molecule has 0 aliphatic carbocycles. The number of aromatic nitrogens is 2. The van der Waals surface area contributed by atoms with E-state index in [9.17, 15) is 0 Å². The molecule has 1 aromatic heterocycles. The van der Waals surface area contributed by atoms with Gasteiger partial charge >= 0.3 is 0 Å². The highest BCUT2D eigenvalue weighted by Crippen LogP contribution is 2.09. The molecule has 0 aliphatic heterocycles. The molecule has 0 bridgehead atoms. The topological polar surface area (TPSA) is 76.2 Å². The number of hydrogen-bond acceptors (Lipinski definition) is 3. The Labute approximate surface area is 119 Å². The van der Waals surface area contributed by atoms with Crippen molar-refractivity contribution in [2.24, 2.45) is 10.7 Å². The van der Waals surface area contributed by atoms with Crippen LogP contribution < -0.4 is 11.1 Å². The average Bonchev–Trinajstić information content (AvgIpc) is 2.46. The quantitative estimate of drug-likeness (QED) is 0.659. The molecule has 0 saturated carbocycles. The van der Waals surface area contributed by atoms with E-state index in [4.69, 9.17) is 5.73 Å². The van der Waals surface area contributed by atoms with Crippen molar-refractivity contribution >= 4 is 11.6 Å². The highest BCUT2D eigenvalue weighted by Gasteiger charge is 1.97. The zero-order chi connectivity index (χ0) is 14.4. The Balaban J connectivity index is 1.96. The van der Waals surface area contributed by atoms with Crippen molar-refractivity contribution in [3.8, 4) is 0 Å². The lowest BCUT2D eigenvalue weighted by Crippen LogP contribution is -2.22. The Bertz CT molecular complexity index is 589. The first-order valence-corrected chi connectivity index (χ1v) is 6.62. The predicted octanol–water partition coefficient (Wildman–Crippen LogP) is 2.27. The lowest BCUT2D eigenvalue weighted by Gasteiger charge is -2.06. The van der Waals surface area contributed by atoms with Gasteiger partial charge in [-0.3, -0.25) is 0 Å². The van der Waals surface area contributed by atoms with Crippen LogP contribution in [0.5, 0.6) is 0 Å². The maximum absolute atomic E-state index is 5.86. The van der Waals surface area contributed by atoms with Gasteiger partial charge in [0.15, 0.2) is 5.96 Å². The Hall–Kier alpha value is -2.43. The fraction of sp³-hybridized carbons (Fsp3) is 0.267. The summed E-state index contributed by atoms with van der Waals surface area (Å²) in [5.41, 5.74) is 8.93. The summed E-state index contributed by atoms with van der Waals surface area (Å²) in [6, 6.07) is 9.97. The first kappa shape index (κ1) is 14.0. The van der Waals surface area contributed by atoms with E-state index in [1.807, 2.05) is 25.1 Å². The molecule has 0 atom stereocenters. The van der Waals surface area contributed by atoms with Crippen LogP contribution in [-0.2, 0) is 13.0 Å². The minimum absolute atomic E-state index is 0.380. The molecule has 0 saturated heterocycles. The van der Waals surface area contributed by atoms with Gasteiger partial charge in [0.2, 0.25) is 0 Å². The fourth-order valence-electron chi connectivity index (χ4n) is 1.77. The van der Waals surface area contributed by atoms with Crippen LogP contribution in [0.4, 0.5) is 5.69 Å². The maximum Gasteiger partial charge on any atom is 0.193 e. The highest BCUT2D eigenvalue weighted by molar-refractivity contribution is 5.92. The molecule has 0 spiro atoms. The Morgan fingerprint density at radius 1 is 1.25 bits per heavy atom. The SMILES string of the molecule is CCc1ccc(NC(N)=NCc2ccnc(C)n2)cc1. The normalized spacial score (nSPS) is 11.4. The molecule has 0 fully saturated rings. The standard InChI is InChI=1S/C15H19N5/c1-3-12-4-6-13(7-5-12)20-15(16)18-10-14-8-9-17-11(2)19-14/h4-9H,3,10H2,1-2H3,(H3,16,18,20).